The van der Waals surface area contributed by atoms with Gasteiger partial charge in [-0.3, -0.25) is 4.79 Å². The van der Waals surface area contributed by atoms with Crippen LogP contribution in [0.25, 0.3) is 0 Å². The van der Waals surface area contributed by atoms with Gasteiger partial charge in [0.05, 0.1) is 18.6 Å². The third-order valence-corrected chi connectivity index (χ3v) is 4.85. The molecule has 2 aliphatic carbocycles. The topological polar surface area (TPSA) is 50.1 Å². The molecule has 0 N–H and O–H groups in total. The van der Waals surface area contributed by atoms with Crippen molar-refractivity contribution in [3.05, 3.63) is 35.4 Å². The van der Waals surface area contributed by atoms with E-state index in [1.54, 1.807) is 0 Å². The van der Waals surface area contributed by atoms with Crippen LogP contribution in [0.1, 0.15) is 30.4 Å². The zero-order chi connectivity index (χ0) is 13.5. The maximum Gasteiger partial charge on any atom is 0.316 e. The summed E-state index contributed by atoms with van der Waals surface area (Å²) >= 11 is 0. The average molecular weight is 255 g/mol. The SMILES string of the molecule is COC(=O)[C@]12CC[C@@H](C#N)C[C@H]1Cc1ccccc12. The van der Waals surface area contributed by atoms with Crippen LogP contribution >= 0.6 is 0 Å². The lowest BCUT2D eigenvalue weighted by Gasteiger charge is -2.39. The predicted molar refractivity (Wildman–Crippen MR) is 70.3 cm³/mol. The van der Waals surface area contributed by atoms with Crippen LogP contribution in [-0.2, 0) is 21.4 Å². The highest BCUT2D eigenvalue weighted by Gasteiger charge is 2.55. The summed E-state index contributed by atoms with van der Waals surface area (Å²) in [5.41, 5.74) is 1.87. The highest BCUT2D eigenvalue weighted by Crippen LogP contribution is 2.53. The van der Waals surface area contributed by atoms with Crippen molar-refractivity contribution >= 4 is 5.97 Å². The summed E-state index contributed by atoms with van der Waals surface area (Å²) in [4.78, 5) is 12.4. The number of nitrogens with zero attached hydrogens (tertiary/aromatic N) is 1. The molecule has 3 heteroatoms. The van der Waals surface area contributed by atoms with E-state index in [-0.39, 0.29) is 17.8 Å². The van der Waals surface area contributed by atoms with E-state index in [9.17, 15) is 4.79 Å². The molecule has 3 rings (SSSR count). The van der Waals surface area contributed by atoms with Crippen LogP contribution < -0.4 is 0 Å². The molecule has 3 nitrogen and oxygen atoms in total. The summed E-state index contributed by atoms with van der Waals surface area (Å²) in [6, 6.07) is 10.5. The number of hydrogen-bond acceptors (Lipinski definition) is 3. The number of carbonyl (C=O) groups excluding carboxylic acids is 1. The molecule has 2 aliphatic rings. The van der Waals surface area contributed by atoms with E-state index >= 15 is 0 Å². The van der Waals surface area contributed by atoms with E-state index in [2.05, 4.69) is 18.2 Å². The summed E-state index contributed by atoms with van der Waals surface area (Å²) in [6.07, 6.45) is 3.22. The van der Waals surface area contributed by atoms with Gasteiger partial charge in [0.1, 0.15) is 0 Å². The lowest BCUT2D eigenvalue weighted by molar-refractivity contribution is -0.151. The molecule has 1 aromatic rings. The molecule has 0 aliphatic heterocycles. The van der Waals surface area contributed by atoms with Gasteiger partial charge in [0, 0.05) is 5.92 Å². The van der Waals surface area contributed by atoms with Crippen LogP contribution in [0.2, 0.25) is 0 Å². The molecular weight excluding hydrogens is 238 g/mol. The zero-order valence-electron chi connectivity index (χ0n) is 11.1. The number of nitriles is 1. The van der Waals surface area contributed by atoms with E-state index < -0.39 is 5.41 Å². The van der Waals surface area contributed by atoms with Gasteiger partial charge < -0.3 is 4.74 Å². The Morgan fingerprint density at radius 2 is 2.26 bits per heavy atom. The molecule has 0 amide bonds. The molecular formula is C16H17NO2. The first kappa shape index (κ1) is 12.2. The summed E-state index contributed by atoms with van der Waals surface area (Å²) in [6.45, 7) is 0. The first-order chi connectivity index (χ1) is 9.22. The van der Waals surface area contributed by atoms with Crippen LogP contribution in [0.15, 0.2) is 24.3 Å². The summed E-state index contributed by atoms with van der Waals surface area (Å²) in [7, 11) is 1.46. The molecule has 0 saturated heterocycles. The van der Waals surface area contributed by atoms with Crippen molar-refractivity contribution < 1.29 is 9.53 Å². The minimum atomic E-state index is -0.501. The second-order valence-corrected chi connectivity index (χ2v) is 5.62. The Kier molecular flexibility index (Phi) is 2.82. The third-order valence-electron chi connectivity index (χ3n) is 4.85. The molecule has 0 bridgehead atoms. The number of fused-ring (bicyclic) bond motifs is 3. The number of esters is 1. The van der Waals surface area contributed by atoms with Gasteiger partial charge in [0.2, 0.25) is 0 Å². The number of ether oxygens (including phenoxy) is 1. The van der Waals surface area contributed by atoms with Crippen molar-refractivity contribution in [1.82, 2.24) is 0 Å². The van der Waals surface area contributed by atoms with E-state index in [4.69, 9.17) is 10.00 Å². The molecule has 3 atom stereocenters. The highest BCUT2D eigenvalue weighted by molar-refractivity contribution is 5.85. The Hall–Kier alpha value is -1.82. The number of methoxy groups -OCH3 is 1. The number of rotatable bonds is 1. The van der Waals surface area contributed by atoms with Gasteiger partial charge in [-0.05, 0) is 42.7 Å². The normalized spacial score (nSPS) is 32.0. The van der Waals surface area contributed by atoms with Gasteiger partial charge in [-0.1, -0.05) is 24.3 Å². The number of carbonyl (C=O) groups is 1. The molecule has 0 aromatic heterocycles. The maximum atomic E-state index is 12.4. The monoisotopic (exact) mass is 255 g/mol. The van der Waals surface area contributed by atoms with Crippen molar-refractivity contribution in [2.45, 2.75) is 31.1 Å². The molecule has 98 valence electrons. The molecule has 1 fully saturated rings. The van der Waals surface area contributed by atoms with E-state index in [1.807, 2.05) is 12.1 Å². The fourth-order valence-electron chi connectivity index (χ4n) is 3.96. The summed E-state index contributed by atoms with van der Waals surface area (Å²) in [5.74, 6) is 0.173. The van der Waals surface area contributed by atoms with Crippen LogP contribution in [0.4, 0.5) is 0 Å². The lowest BCUT2D eigenvalue weighted by atomic mass is 9.63. The third kappa shape index (κ3) is 1.59. The van der Waals surface area contributed by atoms with Crippen LogP contribution in [-0.4, -0.2) is 13.1 Å². The van der Waals surface area contributed by atoms with Crippen molar-refractivity contribution in [1.29, 1.82) is 5.26 Å². The average Bonchev–Trinajstić information content (AvgIpc) is 2.80. The highest BCUT2D eigenvalue weighted by atomic mass is 16.5. The quantitative estimate of drug-likeness (QED) is 0.725. The minimum absolute atomic E-state index is 0.0806. The Balaban J connectivity index is 2.09. The molecule has 19 heavy (non-hydrogen) atoms. The molecule has 0 heterocycles. The molecule has 0 radical (unpaired) electrons. The van der Waals surface area contributed by atoms with Crippen molar-refractivity contribution in [3.63, 3.8) is 0 Å². The minimum Gasteiger partial charge on any atom is -0.468 e. The largest absolute Gasteiger partial charge is 0.468 e. The summed E-state index contributed by atoms with van der Waals surface area (Å²) in [5, 5.41) is 9.14. The van der Waals surface area contributed by atoms with Gasteiger partial charge in [0.25, 0.3) is 0 Å². The van der Waals surface area contributed by atoms with E-state index in [1.165, 1.54) is 12.7 Å². The van der Waals surface area contributed by atoms with E-state index in [0.29, 0.717) is 0 Å². The fraction of sp³-hybridized carbons (Fsp3) is 0.500. The van der Waals surface area contributed by atoms with Crippen molar-refractivity contribution in [2.75, 3.05) is 7.11 Å². The Bertz CT molecular complexity index is 560. The zero-order valence-corrected chi connectivity index (χ0v) is 11.1. The first-order valence-electron chi connectivity index (χ1n) is 6.78. The van der Waals surface area contributed by atoms with Gasteiger partial charge in [-0.2, -0.15) is 5.26 Å². The Morgan fingerprint density at radius 3 is 3.00 bits per heavy atom. The molecule has 1 aromatic carbocycles. The van der Waals surface area contributed by atoms with Crippen LogP contribution in [0.3, 0.4) is 0 Å². The fourth-order valence-corrected chi connectivity index (χ4v) is 3.96. The van der Waals surface area contributed by atoms with E-state index in [0.717, 1.165) is 31.2 Å². The van der Waals surface area contributed by atoms with Gasteiger partial charge in [0.15, 0.2) is 0 Å². The Morgan fingerprint density at radius 1 is 1.47 bits per heavy atom. The molecule has 1 saturated carbocycles. The smallest absolute Gasteiger partial charge is 0.316 e. The molecule has 0 spiro atoms. The summed E-state index contributed by atoms with van der Waals surface area (Å²) < 4.78 is 5.10. The second kappa shape index (κ2) is 4.38. The second-order valence-electron chi connectivity index (χ2n) is 5.62. The van der Waals surface area contributed by atoms with Gasteiger partial charge >= 0.3 is 5.97 Å². The van der Waals surface area contributed by atoms with Gasteiger partial charge in [-0.15, -0.1) is 0 Å². The van der Waals surface area contributed by atoms with Crippen LogP contribution in [0, 0.1) is 23.2 Å². The van der Waals surface area contributed by atoms with Crippen molar-refractivity contribution in [3.8, 4) is 6.07 Å². The standard InChI is InChI=1S/C16H17NO2/c1-19-15(18)16-7-6-11(10-17)8-13(16)9-12-4-2-3-5-14(12)16/h2-5,11,13H,6-9H2,1H3/t11-,13+,16-/m1/s1. The maximum absolute atomic E-state index is 12.4. The predicted octanol–water partition coefficient (Wildman–Crippen LogP) is 2.59. The molecule has 0 unspecified atom stereocenters. The van der Waals surface area contributed by atoms with Crippen molar-refractivity contribution in [2.24, 2.45) is 11.8 Å². The first-order valence-corrected chi connectivity index (χ1v) is 6.78. The van der Waals surface area contributed by atoms with Crippen LogP contribution in [0.5, 0.6) is 0 Å². The number of benzene rings is 1. The lowest BCUT2D eigenvalue weighted by Crippen LogP contribution is -2.45. The van der Waals surface area contributed by atoms with Gasteiger partial charge in [-0.25, -0.2) is 0 Å². The number of hydrogen-bond donors (Lipinski definition) is 0. The Labute approximate surface area is 113 Å².